The molecule has 12 heteroatoms. The number of rotatable bonds is 8. The molecule has 2 aromatic heterocycles. The molecule has 42 heavy (non-hydrogen) atoms. The van der Waals surface area contributed by atoms with Gasteiger partial charge in [-0.1, -0.05) is 39.4 Å². The van der Waals surface area contributed by atoms with Crippen molar-refractivity contribution < 1.29 is 33.3 Å². The number of carboxylic acids is 1. The first-order valence-electron chi connectivity index (χ1n) is 12.7. The number of fused-ring (bicyclic) bond motifs is 1. The molecule has 0 aliphatic carbocycles. The SMILES string of the molecule is CCOC(=O)C1=C(C)N=c2s/c(=C/c3ccc(-c4cccc(C(=O)O)c4)o3)c(=O)n2[C@H]1c1cc(OC)c(OC)cc1Br. The van der Waals surface area contributed by atoms with Gasteiger partial charge < -0.3 is 23.7 Å². The lowest BCUT2D eigenvalue weighted by Gasteiger charge is -2.26. The van der Waals surface area contributed by atoms with E-state index in [1.54, 1.807) is 56.3 Å². The van der Waals surface area contributed by atoms with Crippen LogP contribution in [0.15, 0.2) is 78.5 Å². The van der Waals surface area contributed by atoms with Crippen molar-refractivity contribution in [3.63, 3.8) is 0 Å². The molecule has 0 saturated heterocycles. The van der Waals surface area contributed by atoms with E-state index in [-0.39, 0.29) is 23.3 Å². The molecule has 4 aromatic rings. The number of ether oxygens (including phenoxy) is 3. The molecule has 1 aliphatic rings. The lowest BCUT2D eigenvalue weighted by Crippen LogP contribution is -2.40. The van der Waals surface area contributed by atoms with E-state index < -0.39 is 18.0 Å². The Labute approximate surface area is 251 Å². The van der Waals surface area contributed by atoms with Gasteiger partial charge in [0.2, 0.25) is 0 Å². The Hall–Kier alpha value is -4.42. The molecule has 0 saturated carbocycles. The maximum absolute atomic E-state index is 13.9. The number of hydrogen-bond donors (Lipinski definition) is 1. The number of furan rings is 1. The molecule has 0 bridgehead atoms. The number of carbonyl (C=O) groups excluding carboxylic acids is 1. The fourth-order valence-corrected chi connectivity index (χ4v) is 6.25. The molecule has 3 heterocycles. The predicted octanol–water partition coefficient (Wildman–Crippen LogP) is 4.54. The van der Waals surface area contributed by atoms with E-state index in [0.717, 1.165) is 11.3 Å². The lowest BCUT2D eigenvalue weighted by atomic mass is 9.95. The summed E-state index contributed by atoms with van der Waals surface area (Å²) in [6.45, 7) is 3.56. The van der Waals surface area contributed by atoms with E-state index in [4.69, 9.17) is 18.6 Å². The van der Waals surface area contributed by atoms with Gasteiger partial charge in [0.25, 0.3) is 5.56 Å². The zero-order chi connectivity index (χ0) is 30.1. The van der Waals surface area contributed by atoms with Crippen molar-refractivity contribution in [2.75, 3.05) is 20.8 Å². The third-order valence-corrected chi connectivity index (χ3v) is 8.28. The number of hydrogen-bond acceptors (Lipinski definition) is 9. The standard InChI is InChI=1S/C30H25BrN2O8S/c1-5-40-29(37)25-15(2)32-30-33(26(25)19-13-22(38-3)23(39-4)14-20(19)31)27(34)24(42-30)12-18-9-10-21(41-18)16-7-6-8-17(11-16)28(35)36/h6-14,26H,5H2,1-4H3,(H,35,36)/b24-12+/t26-/m0/s1. The predicted molar refractivity (Wildman–Crippen MR) is 159 cm³/mol. The number of aromatic nitrogens is 1. The normalized spacial score (nSPS) is 14.8. The summed E-state index contributed by atoms with van der Waals surface area (Å²) in [5.41, 5.74) is 1.56. The fourth-order valence-electron chi connectivity index (χ4n) is 4.69. The molecule has 0 radical (unpaired) electrons. The van der Waals surface area contributed by atoms with Crippen molar-refractivity contribution in [3.8, 4) is 22.8 Å². The molecule has 5 rings (SSSR count). The third kappa shape index (κ3) is 5.30. The number of thiazole rings is 1. The van der Waals surface area contributed by atoms with Gasteiger partial charge in [0, 0.05) is 16.1 Å². The van der Waals surface area contributed by atoms with E-state index in [2.05, 4.69) is 20.9 Å². The van der Waals surface area contributed by atoms with Crippen LogP contribution in [-0.4, -0.2) is 42.4 Å². The fraction of sp³-hybridized carbons (Fsp3) is 0.200. The van der Waals surface area contributed by atoms with Gasteiger partial charge in [-0.3, -0.25) is 9.36 Å². The van der Waals surface area contributed by atoms with E-state index in [1.165, 1.54) is 30.9 Å². The van der Waals surface area contributed by atoms with Crippen LogP contribution in [-0.2, 0) is 9.53 Å². The number of nitrogens with zero attached hydrogens (tertiary/aromatic N) is 2. The van der Waals surface area contributed by atoms with E-state index in [1.807, 2.05) is 0 Å². The van der Waals surface area contributed by atoms with Gasteiger partial charge in [-0.15, -0.1) is 0 Å². The van der Waals surface area contributed by atoms with Gasteiger partial charge in [0.15, 0.2) is 16.3 Å². The Kier molecular flexibility index (Phi) is 8.19. The maximum Gasteiger partial charge on any atom is 0.338 e. The Bertz CT molecular complexity index is 1930. The Morgan fingerprint density at radius 2 is 1.88 bits per heavy atom. The quantitative estimate of drug-likeness (QED) is 0.275. The summed E-state index contributed by atoms with van der Waals surface area (Å²) in [6.07, 6.45) is 1.60. The van der Waals surface area contributed by atoms with Gasteiger partial charge in [0.1, 0.15) is 11.5 Å². The van der Waals surface area contributed by atoms with Crippen LogP contribution < -0.4 is 24.4 Å². The Morgan fingerprint density at radius 1 is 1.14 bits per heavy atom. The first-order valence-corrected chi connectivity index (χ1v) is 14.3. The number of halogens is 1. The van der Waals surface area contributed by atoms with Crippen molar-refractivity contribution >= 4 is 45.3 Å². The highest BCUT2D eigenvalue weighted by atomic mass is 79.9. The highest BCUT2D eigenvalue weighted by Crippen LogP contribution is 2.40. The van der Waals surface area contributed by atoms with E-state index in [9.17, 15) is 19.5 Å². The van der Waals surface area contributed by atoms with Crippen molar-refractivity contribution in [2.24, 2.45) is 4.99 Å². The summed E-state index contributed by atoms with van der Waals surface area (Å²) in [5.74, 6) is 0.106. The summed E-state index contributed by atoms with van der Waals surface area (Å²) in [4.78, 5) is 43.5. The molecule has 1 N–H and O–H groups in total. The van der Waals surface area contributed by atoms with Crippen molar-refractivity contribution in [1.29, 1.82) is 0 Å². The molecule has 0 fully saturated rings. The Balaban J connectivity index is 1.67. The minimum atomic E-state index is -1.04. The second-order valence-corrected chi connectivity index (χ2v) is 11.0. The number of esters is 1. The lowest BCUT2D eigenvalue weighted by molar-refractivity contribution is -0.139. The monoisotopic (exact) mass is 652 g/mol. The smallest absolute Gasteiger partial charge is 0.338 e. The topological polar surface area (TPSA) is 130 Å². The average Bonchev–Trinajstić information content (AvgIpc) is 3.56. The summed E-state index contributed by atoms with van der Waals surface area (Å²) in [5, 5.41) is 9.31. The van der Waals surface area contributed by atoms with Crippen LogP contribution in [0.2, 0.25) is 0 Å². The first-order chi connectivity index (χ1) is 20.2. The van der Waals surface area contributed by atoms with Crippen LogP contribution in [0.4, 0.5) is 0 Å². The van der Waals surface area contributed by atoms with Gasteiger partial charge in [-0.25, -0.2) is 14.6 Å². The summed E-state index contributed by atoms with van der Waals surface area (Å²) >= 11 is 4.74. The molecule has 10 nitrogen and oxygen atoms in total. The summed E-state index contributed by atoms with van der Waals surface area (Å²) < 4.78 is 24.6. The molecular weight excluding hydrogens is 628 g/mol. The maximum atomic E-state index is 13.9. The van der Waals surface area contributed by atoms with Crippen LogP contribution in [0.3, 0.4) is 0 Å². The molecule has 1 atom stereocenters. The number of aromatic carboxylic acids is 1. The van der Waals surface area contributed by atoms with Crippen LogP contribution in [0.25, 0.3) is 17.4 Å². The number of methoxy groups -OCH3 is 2. The number of benzene rings is 2. The molecule has 2 aromatic carbocycles. The molecular formula is C30H25BrN2O8S. The number of allylic oxidation sites excluding steroid dienone is 1. The van der Waals surface area contributed by atoms with Crippen LogP contribution in [0, 0.1) is 0 Å². The Morgan fingerprint density at radius 3 is 2.57 bits per heavy atom. The molecule has 1 aliphatic heterocycles. The highest BCUT2D eigenvalue weighted by molar-refractivity contribution is 9.10. The summed E-state index contributed by atoms with van der Waals surface area (Å²) in [6, 6.07) is 12.3. The second kappa shape index (κ2) is 11.8. The minimum Gasteiger partial charge on any atom is -0.493 e. The van der Waals surface area contributed by atoms with Crippen molar-refractivity contribution in [3.05, 3.63) is 101 Å². The van der Waals surface area contributed by atoms with Crippen molar-refractivity contribution in [1.82, 2.24) is 4.57 Å². The van der Waals surface area contributed by atoms with Gasteiger partial charge in [-0.2, -0.15) is 0 Å². The zero-order valence-electron chi connectivity index (χ0n) is 23.0. The third-order valence-electron chi connectivity index (χ3n) is 6.61. The van der Waals surface area contributed by atoms with Crippen LogP contribution in [0.5, 0.6) is 11.5 Å². The highest BCUT2D eigenvalue weighted by Gasteiger charge is 2.35. The van der Waals surface area contributed by atoms with E-state index in [0.29, 0.717) is 53.6 Å². The second-order valence-electron chi connectivity index (χ2n) is 9.12. The molecule has 0 amide bonds. The minimum absolute atomic E-state index is 0.132. The summed E-state index contributed by atoms with van der Waals surface area (Å²) in [7, 11) is 3.02. The number of carboxylic acid groups (broad SMARTS) is 1. The molecule has 216 valence electrons. The van der Waals surface area contributed by atoms with E-state index >= 15 is 0 Å². The number of carbonyl (C=O) groups is 2. The zero-order valence-corrected chi connectivity index (χ0v) is 25.4. The molecule has 0 unspecified atom stereocenters. The van der Waals surface area contributed by atoms with Gasteiger partial charge >= 0.3 is 11.9 Å². The average molecular weight is 654 g/mol. The molecule has 0 spiro atoms. The largest absolute Gasteiger partial charge is 0.493 e. The first kappa shape index (κ1) is 29.1. The van der Waals surface area contributed by atoms with Gasteiger partial charge in [0.05, 0.1) is 48.2 Å². The van der Waals surface area contributed by atoms with Gasteiger partial charge in [-0.05, 0) is 55.8 Å². The van der Waals surface area contributed by atoms with Crippen LogP contribution >= 0.6 is 27.3 Å². The van der Waals surface area contributed by atoms with Crippen LogP contribution in [0.1, 0.15) is 41.6 Å². The van der Waals surface area contributed by atoms with Crippen molar-refractivity contribution in [2.45, 2.75) is 19.9 Å².